The lowest BCUT2D eigenvalue weighted by Crippen LogP contribution is -2.46. The molecule has 6 aromatic rings. The molecule has 11 nitrogen and oxygen atoms in total. The van der Waals surface area contributed by atoms with Crippen LogP contribution in [0.15, 0.2) is 137 Å². The van der Waals surface area contributed by atoms with Gasteiger partial charge in [-0.3, -0.25) is 9.52 Å². The quantitative estimate of drug-likeness (QED) is 0.0624. The number of aliphatic hydroxyl groups excluding tert-OH is 1. The normalized spacial score (nSPS) is 16.4. The standard InChI is InChI=1S/C55H64ClN7O4S2/c1-38(2)63-36-51(55(65)58-43-16-17-43)53(54(63)40-12-14-42(56)15-13-40)41-8-7-9-47(35-41)62-32-30-61(31-33-62)46-20-18-44(19-21-46)59-69(66,67)50-22-23-52(39(3)34-50)57-45(37-68-49-10-5-4-6-11-49)24-27-60-28-25-48(64)26-29-60/h4-15,18-23,34-36,38,43,45,48,57,59,64H,16-17,24-33,37H2,1-3H3,(H,58,65)/t45-/m1/s1. The molecule has 0 bridgehead atoms. The van der Waals surface area contributed by atoms with Crippen LogP contribution in [0.25, 0.3) is 22.4 Å². The van der Waals surface area contributed by atoms with Gasteiger partial charge in [-0.25, -0.2) is 8.42 Å². The lowest BCUT2D eigenvalue weighted by Gasteiger charge is -2.37. The Morgan fingerprint density at radius 1 is 0.783 bits per heavy atom. The number of sulfonamides is 1. The number of rotatable bonds is 18. The van der Waals surface area contributed by atoms with Crippen molar-refractivity contribution in [3.8, 4) is 22.4 Å². The fourth-order valence-corrected chi connectivity index (χ4v) is 11.7. The van der Waals surface area contributed by atoms with Crippen LogP contribution in [-0.2, 0) is 10.0 Å². The highest BCUT2D eigenvalue weighted by atomic mass is 35.5. The van der Waals surface area contributed by atoms with E-state index in [9.17, 15) is 18.3 Å². The summed E-state index contributed by atoms with van der Waals surface area (Å²) < 4.78 is 32.5. The first-order valence-electron chi connectivity index (χ1n) is 24.4. The molecule has 1 atom stereocenters. The molecule has 3 aliphatic rings. The van der Waals surface area contributed by atoms with E-state index in [0.717, 1.165) is 129 Å². The van der Waals surface area contributed by atoms with Crippen molar-refractivity contribution >= 4 is 62.0 Å². The first-order valence-corrected chi connectivity index (χ1v) is 27.2. The highest BCUT2D eigenvalue weighted by molar-refractivity contribution is 7.99. The predicted molar refractivity (Wildman–Crippen MR) is 285 cm³/mol. The van der Waals surface area contributed by atoms with Crippen molar-refractivity contribution in [3.63, 3.8) is 0 Å². The number of aryl methyl sites for hydroxylation is 1. The van der Waals surface area contributed by atoms with Crippen molar-refractivity contribution in [1.29, 1.82) is 0 Å². The summed E-state index contributed by atoms with van der Waals surface area (Å²) in [5, 5.41) is 17.6. The van der Waals surface area contributed by atoms with Gasteiger partial charge in [0.15, 0.2) is 0 Å². The Bertz CT molecular complexity index is 2800. The van der Waals surface area contributed by atoms with Gasteiger partial charge >= 0.3 is 0 Å². The molecule has 362 valence electrons. The van der Waals surface area contributed by atoms with E-state index in [0.29, 0.717) is 16.3 Å². The summed E-state index contributed by atoms with van der Waals surface area (Å²) in [5.74, 6) is 0.824. The second-order valence-corrected chi connectivity index (χ2v) is 22.2. The molecule has 9 rings (SSSR count). The minimum absolute atomic E-state index is 0.0433. The van der Waals surface area contributed by atoms with Gasteiger partial charge in [0.25, 0.3) is 15.9 Å². The Morgan fingerprint density at radius 2 is 1.48 bits per heavy atom. The van der Waals surface area contributed by atoms with E-state index < -0.39 is 10.0 Å². The largest absolute Gasteiger partial charge is 0.393 e. The first kappa shape index (κ1) is 48.6. The van der Waals surface area contributed by atoms with Crippen LogP contribution in [-0.4, -0.2) is 98.7 Å². The fourth-order valence-electron chi connectivity index (χ4n) is 9.40. The van der Waals surface area contributed by atoms with Crippen LogP contribution in [0.5, 0.6) is 0 Å². The Kier molecular flexibility index (Phi) is 15.3. The average Bonchev–Trinajstić information content (AvgIpc) is 4.08. The van der Waals surface area contributed by atoms with Crippen molar-refractivity contribution in [2.24, 2.45) is 0 Å². The number of hydrogen-bond acceptors (Lipinski definition) is 9. The number of nitrogens with zero attached hydrogens (tertiary/aromatic N) is 4. The average molecular weight is 987 g/mol. The number of benzene rings is 5. The molecule has 1 aliphatic carbocycles. The predicted octanol–water partition coefficient (Wildman–Crippen LogP) is 10.8. The van der Waals surface area contributed by atoms with Crippen LogP contribution in [0, 0.1) is 6.92 Å². The van der Waals surface area contributed by atoms with E-state index in [4.69, 9.17) is 11.6 Å². The third-order valence-electron chi connectivity index (χ3n) is 13.5. The molecule has 0 radical (unpaired) electrons. The highest BCUT2D eigenvalue weighted by Gasteiger charge is 2.30. The zero-order valence-corrected chi connectivity index (χ0v) is 42.2. The van der Waals surface area contributed by atoms with E-state index in [2.05, 4.69) is 97.0 Å². The van der Waals surface area contributed by atoms with Crippen LogP contribution >= 0.6 is 23.4 Å². The number of carbonyl (C=O) groups excluding carboxylic acids is 1. The van der Waals surface area contributed by atoms with Crippen LogP contribution in [0.3, 0.4) is 0 Å². The number of halogens is 1. The SMILES string of the molecule is Cc1cc(S(=O)(=O)Nc2ccc(N3CCN(c4cccc(-c5c(C(=O)NC6CC6)cn(C(C)C)c5-c5ccc(Cl)cc5)c4)CC3)cc2)ccc1N[C@H](CCN1CCC(O)CC1)CSc1ccccc1. The molecule has 4 N–H and O–H groups in total. The molecular formula is C55H64ClN7O4S2. The molecular weight excluding hydrogens is 922 g/mol. The molecule has 5 aromatic carbocycles. The maximum Gasteiger partial charge on any atom is 0.261 e. The molecule has 0 spiro atoms. The number of nitrogens with one attached hydrogen (secondary N) is 3. The van der Waals surface area contributed by atoms with Crippen molar-refractivity contribution in [3.05, 3.63) is 144 Å². The number of thioether (sulfide) groups is 1. The van der Waals surface area contributed by atoms with Gasteiger partial charge in [0, 0.05) is 114 Å². The molecule has 1 aromatic heterocycles. The summed E-state index contributed by atoms with van der Waals surface area (Å²) in [4.78, 5) is 22.4. The Hall–Kier alpha value is -5.44. The second-order valence-electron chi connectivity index (χ2n) is 19.0. The number of likely N-dealkylation sites (tertiary alicyclic amines) is 1. The third kappa shape index (κ3) is 12.1. The molecule has 1 saturated carbocycles. The number of aliphatic hydroxyl groups is 1. The number of anilines is 4. The topological polar surface area (TPSA) is 122 Å². The summed E-state index contributed by atoms with van der Waals surface area (Å²) in [6, 6.07) is 40.3. The van der Waals surface area contributed by atoms with Crippen molar-refractivity contribution in [1.82, 2.24) is 14.8 Å². The Labute approximate surface area is 417 Å². The van der Waals surface area contributed by atoms with Gasteiger partial charge in [0.1, 0.15) is 0 Å². The molecule has 0 unspecified atom stereocenters. The van der Waals surface area contributed by atoms with Crippen molar-refractivity contribution in [2.75, 3.05) is 71.4 Å². The van der Waals surface area contributed by atoms with Crippen LogP contribution in [0.1, 0.15) is 67.9 Å². The third-order valence-corrected chi connectivity index (χ3v) is 16.3. The van der Waals surface area contributed by atoms with E-state index in [-0.39, 0.29) is 35.0 Å². The number of piperazine rings is 1. The number of piperidine rings is 1. The van der Waals surface area contributed by atoms with Crippen molar-refractivity contribution in [2.45, 2.75) is 86.9 Å². The van der Waals surface area contributed by atoms with E-state index in [1.54, 1.807) is 12.1 Å². The van der Waals surface area contributed by atoms with Crippen LogP contribution in [0.4, 0.5) is 22.7 Å². The minimum Gasteiger partial charge on any atom is -0.393 e. The zero-order chi connectivity index (χ0) is 48.1. The molecule has 2 aliphatic heterocycles. The maximum atomic E-state index is 13.8. The molecule has 1 amide bonds. The number of carbonyl (C=O) groups is 1. The van der Waals surface area contributed by atoms with Crippen molar-refractivity contribution < 1.29 is 18.3 Å². The van der Waals surface area contributed by atoms with Gasteiger partial charge in [0.2, 0.25) is 0 Å². The molecule has 14 heteroatoms. The highest BCUT2D eigenvalue weighted by Crippen LogP contribution is 2.41. The smallest absolute Gasteiger partial charge is 0.261 e. The number of hydrogen-bond donors (Lipinski definition) is 4. The van der Waals surface area contributed by atoms with Crippen LogP contribution in [0.2, 0.25) is 5.02 Å². The summed E-state index contributed by atoms with van der Waals surface area (Å²) in [6.07, 6.45) is 6.40. The second kappa shape index (κ2) is 21.7. The molecule has 3 heterocycles. The van der Waals surface area contributed by atoms with Gasteiger partial charge in [-0.15, -0.1) is 11.8 Å². The van der Waals surface area contributed by atoms with E-state index >= 15 is 0 Å². The Balaban J connectivity index is 0.838. The summed E-state index contributed by atoms with van der Waals surface area (Å²) in [7, 11) is -3.85. The number of aromatic nitrogens is 1. The summed E-state index contributed by atoms with van der Waals surface area (Å²) >= 11 is 8.15. The van der Waals surface area contributed by atoms with Gasteiger partial charge in [-0.2, -0.15) is 0 Å². The Morgan fingerprint density at radius 3 is 2.14 bits per heavy atom. The maximum absolute atomic E-state index is 13.8. The van der Waals surface area contributed by atoms with Gasteiger partial charge in [-0.05, 0) is 148 Å². The van der Waals surface area contributed by atoms with E-state index in [1.807, 2.05) is 85.5 Å². The molecule has 3 fully saturated rings. The first-order chi connectivity index (χ1) is 33.4. The zero-order valence-electron chi connectivity index (χ0n) is 39.8. The summed E-state index contributed by atoms with van der Waals surface area (Å²) in [5.41, 5.74) is 9.01. The van der Waals surface area contributed by atoms with E-state index in [1.165, 1.54) is 4.90 Å². The van der Waals surface area contributed by atoms with Gasteiger partial charge in [0.05, 0.1) is 22.3 Å². The molecule has 69 heavy (non-hydrogen) atoms. The minimum atomic E-state index is -3.85. The fraction of sp³-hybridized carbons (Fsp3) is 0.364. The lowest BCUT2D eigenvalue weighted by molar-refractivity contribution is 0.0817. The van der Waals surface area contributed by atoms with Gasteiger partial charge in [-0.1, -0.05) is 54.1 Å². The monoisotopic (exact) mass is 985 g/mol. The number of amides is 1. The van der Waals surface area contributed by atoms with Crippen LogP contribution < -0.4 is 25.2 Å². The van der Waals surface area contributed by atoms with Gasteiger partial charge < -0.3 is 35.0 Å². The lowest BCUT2D eigenvalue weighted by atomic mass is 9.96. The summed E-state index contributed by atoms with van der Waals surface area (Å²) in [6.45, 7) is 12.2. The molecule has 2 saturated heterocycles.